The number of carbonyl (C=O) groups is 1. The fourth-order valence-corrected chi connectivity index (χ4v) is 1.59. The van der Waals surface area contributed by atoms with E-state index in [4.69, 9.17) is 5.11 Å². The number of thiol groups is 1. The molecule has 5 nitrogen and oxygen atoms in total. The van der Waals surface area contributed by atoms with E-state index in [0.29, 0.717) is 38.5 Å². The van der Waals surface area contributed by atoms with E-state index >= 15 is 0 Å². The predicted molar refractivity (Wildman–Crippen MR) is 55.9 cm³/mol. The van der Waals surface area contributed by atoms with Crippen LogP contribution in [0.3, 0.4) is 0 Å². The van der Waals surface area contributed by atoms with E-state index in [0.717, 1.165) is 0 Å². The first-order valence-corrected chi connectivity index (χ1v) is 5.26. The van der Waals surface area contributed by atoms with Gasteiger partial charge in [0, 0.05) is 38.5 Å². The van der Waals surface area contributed by atoms with Gasteiger partial charge in [-0.25, -0.2) is 4.79 Å². The molecular weight excluding hydrogens is 204 g/mol. The SMILES string of the molecule is O=C(O)N1CCN(C[C@H](O)CS)CC1. The third-order valence-corrected chi connectivity index (χ3v) is 2.74. The quantitative estimate of drug-likeness (QED) is 0.565. The largest absolute Gasteiger partial charge is 0.465 e. The van der Waals surface area contributed by atoms with Gasteiger partial charge in [0.05, 0.1) is 6.10 Å². The molecule has 1 atom stereocenters. The van der Waals surface area contributed by atoms with Crippen LogP contribution in [0.5, 0.6) is 0 Å². The van der Waals surface area contributed by atoms with E-state index in [1.54, 1.807) is 0 Å². The third-order valence-electron chi connectivity index (χ3n) is 2.32. The molecule has 1 amide bonds. The van der Waals surface area contributed by atoms with Crippen molar-refractivity contribution in [1.29, 1.82) is 0 Å². The lowest BCUT2D eigenvalue weighted by atomic mass is 10.3. The zero-order chi connectivity index (χ0) is 10.6. The summed E-state index contributed by atoms with van der Waals surface area (Å²) in [5.41, 5.74) is 0. The second kappa shape index (κ2) is 5.43. The van der Waals surface area contributed by atoms with Gasteiger partial charge in [-0.15, -0.1) is 0 Å². The number of aliphatic hydroxyl groups excluding tert-OH is 1. The Hall–Kier alpha value is -0.460. The standard InChI is InChI=1S/C8H16N2O3S/c11-7(6-14)5-9-1-3-10(4-2-9)8(12)13/h7,11,14H,1-6H2,(H,12,13)/t7-/m0/s1. The summed E-state index contributed by atoms with van der Waals surface area (Å²) in [6, 6.07) is 0. The highest BCUT2D eigenvalue weighted by Gasteiger charge is 2.21. The summed E-state index contributed by atoms with van der Waals surface area (Å²) >= 11 is 3.98. The third kappa shape index (κ3) is 3.36. The van der Waals surface area contributed by atoms with Crippen LogP contribution in [0.1, 0.15) is 0 Å². The maximum atomic E-state index is 10.6. The van der Waals surface area contributed by atoms with Crippen LogP contribution < -0.4 is 0 Å². The van der Waals surface area contributed by atoms with Crippen LogP contribution in [-0.2, 0) is 0 Å². The average Bonchev–Trinajstić information content (AvgIpc) is 2.18. The molecule has 0 unspecified atom stereocenters. The van der Waals surface area contributed by atoms with Gasteiger partial charge < -0.3 is 15.1 Å². The number of nitrogens with zero attached hydrogens (tertiary/aromatic N) is 2. The fourth-order valence-electron chi connectivity index (χ4n) is 1.48. The van der Waals surface area contributed by atoms with Crippen molar-refractivity contribution < 1.29 is 15.0 Å². The lowest BCUT2D eigenvalue weighted by Gasteiger charge is -2.33. The Morgan fingerprint density at radius 3 is 2.36 bits per heavy atom. The average molecular weight is 220 g/mol. The molecule has 1 aliphatic rings. The molecule has 1 fully saturated rings. The molecule has 0 aromatic carbocycles. The topological polar surface area (TPSA) is 64.0 Å². The minimum atomic E-state index is -0.862. The molecule has 0 radical (unpaired) electrons. The first-order valence-electron chi connectivity index (χ1n) is 4.62. The van der Waals surface area contributed by atoms with E-state index in [-0.39, 0.29) is 0 Å². The number of β-amino-alcohol motifs (C(OH)–C–C–N with tert-alkyl or cyclic N) is 1. The molecule has 2 N–H and O–H groups in total. The summed E-state index contributed by atoms with van der Waals surface area (Å²) in [5.74, 6) is 0.444. The van der Waals surface area contributed by atoms with E-state index in [2.05, 4.69) is 17.5 Å². The van der Waals surface area contributed by atoms with Gasteiger partial charge in [-0.1, -0.05) is 0 Å². The van der Waals surface area contributed by atoms with E-state index in [9.17, 15) is 9.90 Å². The minimum Gasteiger partial charge on any atom is -0.465 e. The van der Waals surface area contributed by atoms with Crippen LogP contribution in [0, 0.1) is 0 Å². The summed E-state index contributed by atoms with van der Waals surface area (Å²) in [7, 11) is 0. The molecule has 0 bridgehead atoms. The highest BCUT2D eigenvalue weighted by atomic mass is 32.1. The Kier molecular flexibility index (Phi) is 4.50. The Balaban J connectivity index is 2.25. The number of piperazine rings is 1. The lowest BCUT2D eigenvalue weighted by Crippen LogP contribution is -2.50. The summed E-state index contributed by atoms with van der Waals surface area (Å²) in [5, 5.41) is 18.0. The molecule has 0 aromatic rings. The summed E-state index contributed by atoms with van der Waals surface area (Å²) < 4.78 is 0. The van der Waals surface area contributed by atoms with Gasteiger partial charge in [-0.2, -0.15) is 12.6 Å². The Morgan fingerprint density at radius 2 is 1.93 bits per heavy atom. The first kappa shape index (κ1) is 11.6. The van der Waals surface area contributed by atoms with Crippen molar-refractivity contribution in [2.75, 3.05) is 38.5 Å². The molecule has 1 rings (SSSR count). The molecule has 0 saturated carbocycles. The molecule has 0 aromatic heterocycles. The maximum Gasteiger partial charge on any atom is 0.407 e. The van der Waals surface area contributed by atoms with Gasteiger partial charge in [0.2, 0.25) is 0 Å². The van der Waals surface area contributed by atoms with Crippen molar-refractivity contribution in [2.45, 2.75) is 6.10 Å². The molecule has 0 aliphatic carbocycles. The number of carboxylic acid groups (broad SMARTS) is 1. The highest BCUT2D eigenvalue weighted by molar-refractivity contribution is 7.80. The number of aliphatic hydroxyl groups is 1. The molecule has 0 spiro atoms. The maximum absolute atomic E-state index is 10.6. The minimum absolute atomic E-state index is 0.422. The Bertz CT molecular complexity index is 195. The highest BCUT2D eigenvalue weighted by Crippen LogP contribution is 2.03. The van der Waals surface area contributed by atoms with Crippen LogP contribution >= 0.6 is 12.6 Å². The monoisotopic (exact) mass is 220 g/mol. The molecule has 1 saturated heterocycles. The smallest absolute Gasteiger partial charge is 0.407 e. The fraction of sp³-hybridized carbons (Fsp3) is 0.875. The van der Waals surface area contributed by atoms with Crippen LogP contribution in [0.15, 0.2) is 0 Å². The van der Waals surface area contributed by atoms with Crippen LogP contribution in [0.25, 0.3) is 0 Å². The summed E-state index contributed by atoms with van der Waals surface area (Å²) in [6.45, 7) is 3.01. The zero-order valence-electron chi connectivity index (χ0n) is 7.96. The zero-order valence-corrected chi connectivity index (χ0v) is 8.86. The van der Waals surface area contributed by atoms with Crippen molar-refractivity contribution in [3.8, 4) is 0 Å². The molecular formula is C8H16N2O3S. The second-order valence-corrected chi connectivity index (χ2v) is 3.77. The Morgan fingerprint density at radius 1 is 1.36 bits per heavy atom. The molecule has 82 valence electrons. The second-order valence-electron chi connectivity index (χ2n) is 3.41. The molecule has 1 heterocycles. The van der Waals surface area contributed by atoms with Crippen molar-refractivity contribution in [3.05, 3.63) is 0 Å². The van der Waals surface area contributed by atoms with Gasteiger partial charge in [0.1, 0.15) is 0 Å². The number of hydrogen-bond acceptors (Lipinski definition) is 4. The van der Waals surface area contributed by atoms with E-state index < -0.39 is 12.2 Å². The van der Waals surface area contributed by atoms with Gasteiger partial charge in [0.15, 0.2) is 0 Å². The normalized spacial score (nSPS) is 20.9. The van der Waals surface area contributed by atoms with Crippen LogP contribution in [0.2, 0.25) is 0 Å². The first-order chi connectivity index (χ1) is 6.63. The number of rotatable bonds is 3. The van der Waals surface area contributed by atoms with Gasteiger partial charge >= 0.3 is 6.09 Å². The van der Waals surface area contributed by atoms with Crippen molar-refractivity contribution in [1.82, 2.24) is 9.80 Å². The summed E-state index contributed by atoms with van der Waals surface area (Å²) in [6.07, 6.45) is -1.28. The lowest BCUT2D eigenvalue weighted by molar-refractivity contribution is 0.0777. The van der Waals surface area contributed by atoms with Crippen molar-refractivity contribution in [3.63, 3.8) is 0 Å². The van der Waals surface area contributed by atoms with Gasteiger partial charge in [-0.3, -0.25) is 4.90 Å². The van der Waals surface area contributed by atoms with Crippen LogP contribution in [-0.4, -0.2) is 70.7 Å². The number of amides is 1. The number of hydrogen-bond donors (Lipinski definition) is 3. The Labute approximate surface area is 88.7 Å². The van der Waals surface area contributed by atoms with Crippen LogP contribution in [0.4, 0.5) is 4.79 Å². The van der Waals surface area contributed by atoms with E-state index in [1.807, 2.05) is 0 Å². The van der Waals surface area contributed by atoms with Gasteiger partial charge in [-0.05, 0) is 0 Å². The molecule has 14 heavy (non-hydrogen) atoms. The predicted octanol–water partition coefficient (Wildman–Crippen LogP) is -0.427. The molecule has 1 aliphatic heterocycles. The van der Waals surface area contributed by atoms with E-state index in [1.165, 1.54) is 4.90 Å². The van der Waals surface area contributed by atoms with Crippen molar-refractivity contribution >= 4 is 18.7 Å². The summed E-state index contributed by atoms with van der Waals surface area (Å²) in [4.78, 5) is 14.0. The van der Waals surface area contributed by atoms with Gasteiger partial charge in [0.25, 0.3) is 0 Å². The molecule has 6 heteroatoms. The van der Waals surface area contributed by atoms with Crippen molar-refractivity contribution in [2.24, 2.45) is 0 Å².